The molecular formula is C21H24N6O. The van der Waals surface area contributed by atoms with Crippen molar-refractivity contribution in [3.63, 3.8) is 0 Å². The molecule has 0 aliphatic heterocycles. The maximum atomic E-state index is 13.2. The minimum atomic E-state index is -0.244. The first kappa shape index (κ1) is 19.4. The van der Waals surface area contributed by atoms with E-state index >= 15 is 0 Å². The fourth-order valence-electron chi connectivity index (χ4n) is 3.51. The molecule has 28 heavy (non-hydrogen) atoms. The van der Waals surface area contributed by atoms with Gasteiger partial charge in [0.05, 0.1) is 11.4 Å². The molecule has 0 unspecified atom stereocenters. The number of benzene rings is 1. The number of hydrogen-bond donors (Lipinski definition) is 2. The van der Waals surface area contributed by atoms with Crippen molar-refractivity contribution in [2.45, 2.75) is 39.8 Å². The number of nitriles is 1. The second-order valence-electron chi connectivity index (χ2n) is 7.05. The van der Waals surface area contributed by atoms with Gasteiger partial charge in [-0.15, -0.1) is 0 Å². The molecule has 2 aromatic heterocycles. The van der Waals surface area contributed by atoms with Crippen molar-refractivity contribution < 1.29 is 0 Å². The van der Waals surface area contributed by atoms with Gasteiger partial charge in [0.15, 0.2) is 0 Å². The number of rotatable bonds is 5. The topological polar surface area (TPSA) is 95.6 Å². The molecule has 0 radical (unpaired) electrons. The highest BCUT2D eigenvalue weighted by Gasteiger charge is 2.20. The Hall–Kier alpha value is -3.40. The normalized spacial score (nSPS) is 12.0. The Kier molecular flexibility index (Phi) is 5.32. The number of aromatic nitrogens is 3. The highest BCUT2D eigenvalue weighted by atomic mass is 16.1. The molecule has 0 amide bonds. The van der Waals surface area contributed by atoms with Crippen molar-refractivity contribution in [1.29, 1.82) is 5.26 Å². The molecule has 2 heterocycles. The van der Waals surface area contributed by atoms with E-state index in [0.29, 0.717) is 17.2 Å². The first-order valence-electron chi connectivity index (χ1n) is 9.23. The Bertz CT molecular complexity index is 1130. The van der Waals surface area contributed by atoms with Gasteiger partial charge in [-0.25, -0.2) is 9.97 Å². The van der Waals surface area contributed by atoms with Crippen molar-refractivity contribution in [2.24, 2.45) is 0 Å². The fourth-order valence-corrected chi connectivity index (χ4v) is 3.51. The number of aryl methyl sites for hydroxylation is 1. The molecule has 144 valence electrons. The number of pyridine rings is 1. The molecule has 0 fully saturated rings. The van der Waals surface area contributed by atoms with Gasteiger partial charge in [0.25, 0.3) is 5.56 Å². The van der Waals surface area contributed by atoms with Crippen LogP contribution in [0.4, 0.5) is 11.6 Å². The SMILES string of the molecule is CNc1ncnc(N[C@@H](C)c2cc3cccc(C)c3c(=O)n2C(C)C)c1C#N. The summed E-state index contributed by atoms with van der Waals surface area (Å²) >= 11 is 0. The Balaban J connectivity index is 2.15. The predicted octanol–water partition coefficient (Wildman–Crippen LogP) is 3.77. The summed E-state index contributed by atoms with van der Waals surface area (Å²) in [6.07, 6.45) is 1.40. The molecule has 2 N–H and O–H groups in total. The number of nitrogens with one attached hydrogen (secondary N) is 2. The minimum absolute atomic E-state index is 0.00615. The van der Waals surface area contributed by atoms with Crippen LogP contribution in [0.15, 0.2) is 35.4 Å². The molecule has 0 spiro atoms. The van der Waals surface area contributed by atoms with Gasteiger partial charge in [-0.05, 0) is 44.7 Å². The summed E-state index contributed by atoms with van der Waals surface area (Å²) in [6.45, 7) is 7.89. The highest BCUT2D eigenvalue weighted by Crippen LogP contribution is 2.27. The number of anilines is 2. The predicted molar refractivity (Wildman–Crippen MR) is 112 cm³/mol. The summed E-state index contributed by atoms with van der Waals surface area (Å²) in [5.41, 5.74) is 2.14. The van der Waals surface area contributed by atoms with Gasteiger partial charge in [-0.2, -0.15) is 5.26 Å². The van der Waals surface area contributed by atoms with E-state index < -0.39 is 0 Å². The van der Waals surface area contributed by atoms with Crippen LogP contribution in [0.3, 0.4) is 0 Å². The zero-order chi connectivity index (χ0) is 20.4. The van der Waals surface area contributed by atoms with E-state index in [4.69, 9.17) is 0 Å². The number of hydrogen-bond acceptors (Lipinski definition) is 6. The maximum absolute atomic E-state index is 13.2. The highest BCUT2D eigenvalue weighted by molar-refractivity contribution is 5.85. The Morgan fingerprint density at radius 2 is 1.89 bits per heavy atom. The third kappa shape index (κ3) is 3.29. The van der Waals surface area contributed by atoms with Crippen LogP contribution in [0.2, 0.25) is 0 Å². The standard InChI is InChI=1S/C21H24N6O/c1-12(2)27-17(9-15-8-6-7-13(3)18(15)21(27)28)14(4)26-20-16(10-22)19(23-5)24-11-25-20/h6-9,11-12,14H,1-5H3,(H2,23,24,25,26)/t14-/m0/s1. The van der Waals surface area contributed by atoms with Gasteiger partial charge in [-0.3, -0.25) is 4.79 Å². The molecule has 0 bridgehead atoms. The summed E-state index contributed by atoms with van der Waals surface area (Å²) in [4.78, 5) is 21.5. The van der Waals surface area contributed by atoms with Crippen LogP contribution in [0, 0.1) is 18.3 Å². The summed E-state index contributed by atoms with van der Waals surface area (Å²) < 4.78 is 1.80. The Morgan fingerprint density at radius 3 is 2.54 bits per heavy atom. The monoisotopic (exact) mass is 376 g/mol. The molecule has 0 aliphatic rings. The van der Waals surface area contributed by atoms with E-state index in [1.54, 1.807) is 11.6 Å². The minimum Gasteiger partial charge on any atom is -0.372 e. The largest absolute Gasteiger partial charge is 0.372 e. The van der Waals surface area contributed by atoms with Crippen molar-refractivity contribution in [3.05, 3.63) is 57.8 Å². The number of nitrogens with zero attached hydrogens (tertiary/aromatic N) is 4. The van der Waals surface area contributed by atoms with Crippen LogP contribution in [-0.2, 0) is 0 Å². The molecule has 0 saturated carbocycles. The van der Waals surface area contributed by atoms with Crippen molar-refractivity contribution >= 4 is 22.4 Å². The molecule has 0 aliphatic carbocycles. The summed E-state index contributed by atoms with van der Waals surface area (Å²) in [5.74, 6) is 0.893. The zero-order valence-electron chi connectivity index (χ0n) is 16.7. The van der Waals surface area contributed by atoms with Gasteiger partial charge >= 0.3 is 0 Å². The van der Waals surface area contributed by atoms with Gasteiger partial charge in [0.2, 0.25) is 0 Å². The zero-order valence-corrected chi connectivity index (χ0v) is 16.7. The lowest BCUT2D eigenvalue weighted by Crippen LogP contribution is -2.29. The lowest BCUT2D eigenvalue weighted by atomic mass is 10.0. The van der Waals surface area contributed by atoms with Gasteiger partial charge in [-0.1, -0.05) is 18.2 Å². The van der Waals surface area contributed by atoms with E-state index in [2.05, 4.69) is 26.7 Å². The maximum Gasteiger partial charge on any atom is 0.259 e. The van der Waals surface area contributed by atoms with Crippen LogP contribution in [0.5, 0.6) is 0 Å². The van der Waals surface area contributed by atoms with E-state index in [9.17, 15) is 10.1 Å². The lowest BCUT2D eigenvalue weighted by molar-refractivity contribution is 0.541. The first-order chi connectivity index (χ1) is 13.4. The van der Waals surface area contributed by atoms with E-state index in [-0.39, 0.29) is 17.6 Å². The summed E-state index contributed by atoms with van der Waals surface area (Å²) in [7, 11) is 1.71. The van der Waals surface area contributed by atoms with Crippen molar-refractivity contribution in [1.82, 2.24) is 14.5 Å². The van der Waals surface area contributed by atoms with Crippen LogP contribution < -0.4 is 16.2 Å². The summed E-state index contributed by atoms with van der Waals surface area (Å²) in [5, 5.41) is 17.3. The Labute approximate surface area is 164 Å². The van der Waals surface area contributed by atoms with Gasteiger partial charge in [0, 0.05) is 18.8 Å². The molecule has 3 aromatic rings. The lowest BCUT2D eigenvalue weighted by Gasteiger charge is -2.24. The molecule has 3 rings (SSSR count). The fraction of sp³-hybridized carbons (Fsp3) is 0.333. The molecule has 0 saturated heterocycles. The average Bonchev–Trinajstić information content (AvgIpc) is 2.66. The van der Waals surface area contributed by atoms with Crippen molar-refractivity contribution in [3.8, 4) is 6.07 Å². The summed E-state index contributed by atoms with van der Waals surface area (Å²) in [6, 6.07) is 9.78. The van der Waals surface area contributed by atoms with E-state index in [1.807, 2.05) is 52.0 Å². The van der Waals surface area contributed by atoms with Crippen LogP contribution in [0.25, 0.3) is 10.8 Å². The van der Waals surface area contributed by atoms with E-state index in [1.165, 1.54) is 6.33 Å². The molecular weight excluding hydrogens is 352 g/mol. The van der Waals surface area contributed by atoms with Crippen LogP contribution in [-0.4, -0.2) is 21.6 Å². The third-order valence-corrected chi connectivity index (χ3v) is 4.83. The third-order valence-electron chi connectivity index (χ3n) is 4.83. The van der Waals surface area contributed by atoms with Crippen molar-refractivity contribution in [2.75, 3.05) is 17.7 Å². The van der Waals surface area contributed by atoms with Crippen LogP contribution in [0.1, 0.15) is 49.7 Å². The quantitative estimate of drug-likeness (QED) is 0.704. The second kappa shape index (κ2) is 7.69. The van der Waals surface area contributed by atoms with Crippen LogP contribution >= 0.6 is 0 Å². The molecule has 7 heteroatoms. The smallest absolute Gasteiger partial charge is 0.259 e. The molecule has 1 atom stereocenters. The van der Waals surface area contributed by atoms with E-state index in [0.717, 1.165) is 22.0 Å². The van der Waals surface area contributed by atoms with Gasteiger partial charge in [0.1, 0.15) is 29.6 Å². The molecule has 1 aromatic carbocycles. The average molecular weight is 376 g/mol. The second-order valence-corrected chi connectivity index (χ2v) is 7.05. The Morgan fingerprint density at radius 1 is 1.18 bits per heavy atom. The number of fused-ring (bicyclic) bond motifs is 1. The first-order valence-corrected chi connectivity index (χ1v) is 9.23. The molecule has 7 nitrogen and oxygen atoms in total. The van der Waals surface area contributed by atoms with Gasteiger partial charge < -0.3 is 15.2 Å².